The number of benzene rings is 2. The van der Waals surface area contributed by atoms with Crippen molar-refractivity contribution in [1.82, 2.24) is 0 Å². The van der Waals surface area contributed by atoms with Gasteiger partial charge in [-0.1, -0.05) is 18.2 Å². The molecule has 1 N–H and O–H groups in total. The molecule has 0 amide bonds. The Morgan fingerprint density at radius 3 is 2.70 bits per heavy atom. The number of aryl methyl sites for hydroxylation is 1. The van der Waals surface area contributed by atoms with Crippen LogP contribution in [0.1, 0.15) is 11.1 Å². The molecule has 0 heterocycles. The van der Waals surface area contributed by atoms with E-state index in [0.717, 1.165) is 5.56 Å². The molecule has 0 aliphatic heterocycles. The van der Waals surface area contributed by atoms with Crippen molar-refractivity contribution in [2.45, 2.75) is 13.3 Å². The van der Waals surface area contributed by atoms with Gasteiger partial charge in [0, 0.05) is 24.4 Å². The van der Waals surface area contributed by atoms with Crippen LogP contribution >= 0.6 is 0 Å². The third kappa shape index (κ3) is 3.54. The molecule has 0 radical (unpaired) electrons. The van der Waals surface area contributed by atoms with Gasteiger partial charge in [0.15, 0.2) is 0 Å². The van der Waals surface area contributed by atoms with Gasteiger partial charge in [-0.3, -0.25) is 10.1 Å². The van der Waals surface area contributed by atoms with Crippen LogP contribution in [-0.2, 0) is 6.42 Å². The summed E-state index contributed by atoms with van der Waals surface area (Å²) >= 11 is 0. The average Bonchev–Trinajstić information content (AvgIpc) is 2.40. The molecule has 0 aromatic heterocycles. The van der Waals surface area contributed by atoms with Gasteiger partial charge >= 0.3 is 0 Å². The number of hydrogen-bond acceptors (Lipinski definition) is 3. The van der Waals surface area contributed by atoms with Crippen molar-refractivity contribution in [3.8, 4) is 0 Å². The predicted molar refractivity (Wildman–Crippen MR) is 76.4 cm³/mol. The molecule has 0 aliphatic rings. The number of non-ortho nitro benzene ring substituents is 1. The van der Waals surface area contributed by atoms with Crippen LogP contribution in [0.4, 0.5) is 15.8 Å². The monoisotopic (exact) mass is 274 g/mol. The highest BCUT2D eigenvalue weighted by Gasteiger charge is 2.08. The lowest BCUT2D eigenvalue weighted by Crippen LogP contribution is -2.06. The molecule has 0 bridgehead atoms. The van der Waals surface area contributed by atoms with Crippen molar-refractivity contribution in [2.24, 2.45) is 0 Å². The first-order valence-electron chi connectivity index (χ1n) is 6.29. The van der Waals surface area contributed by atoms with Crippen molar-refractivity contribution in [3.63, 3.8) is 0 Å². The number of hydrogen-bond donors (Lipinski definition) is 1. The van der Waals surface area contributed by atoms with Gasteiger partial charge in [-0.25, -0.2) is 4.39 Å². The lowest BCUT2D eigenvalue weighted by molar-refractivity contribution is -0.384. The lowest BCUT2D eigenvalue weighted by Gasteiger charge is -2.08. The normalized spacial score (nSPS) is 10.3. The Kier molecular flexibility index (Phi) is 4.30. The van der Waals surface area contributed by atoms with E-state index in [-0.39, 0.29) is 11.5 Å². The largest absolute Gasteiger partial charge is 0.384 e. The molecule has 0 saturated carbocycles. The summed E-state index contributed by atoms with van der Waals surface area (Å²) in [7, 11) is 0. The number of nitro groups is 1. The minimum absolute atomic E-state index is 0.0541. The second-order valence-electron chi connectivity index (χ2n) is 4.58. The molecule has 2 aromatic carbocycles. The fraction of sp³-hybridized carbons (Fsp3) is 0.200. The van der Waals surface area contributed by atoms with E-state index in [1.165, 1.54) is 18.2 Å². The maximum atomic E-state index is 13.4. The summed E-state index contributed by atoms with van der Waals surface area (Å²) in [4.78, 5) is 10.4. The minimum atomic E-state index is -0.422. The quantitative estimate of drug-likeness (QED) is 0.668. The molecule has 5 heteroatoms. The van der Waals surface area contributed by atoms with Crippen LogP contribution < -0.4 is 5.32 Å². The standard InChI is InChI=1S/C15H15FN2O2/c1-11-8-13(10-14(9-11)18(19)20)17-7-6-12-4-2-3-5-15(12)16/h2-5,8-10,17H,6-7H2,1H3. The maximum Gasteiger partial charge on any atom is 0.271 e. The smallest absolute Gasteiger partial charge is 0.271 e. The third-order valence-corrected chi connectivity index (χ3v) is 2.95. The van der Waals surface area contributed by atoms with Gasteiger partial charge in [-0.2, -0.15) is 0 Å². The predicted octanol–water partition coefficient (Wildman–Crippen LogP) is 3.70. The van der Waals surface area contributed by atoms with Crippen molar-refractivity contribution in [1.29, 1.82) is 0 Å². The molecule has 104 valence electrons. The van der Waals surface area contributed by atoms with Crippen LogP contribution in [0, 0.1) is 22.9 Å². The van der Waals surface area contributed by atoms with Gasteiger partial charge in [0.2, 0.25) is 0 Å². The fourth-order valence-electron chi connectivity index (χ4n) is 2.01. The molecule has 4 nitrogen and oxygen atoms in total. The first kappa shape index (κ1) is 14.0. The molecule has 2 aromatic rings. The van der Waals surface area contributed by atoms with E-state index < -0.39 is 4.92 Å². The molecule has 0 atom stereocenters. The molecular formula is C15H15FN2O2. The summed E-state index contributed by atoms with van der Waals surface area (Å²) in [5.74, 6) is -0.232. The summed E-state index contributed by atoms with van der Waals surface area (Å²) < 4.78 is 13.4. The molecule has 0 unspecified atom stereocenters. The average molecular weight is 274 g/mol. The fourth-order valence-corrected chi connectivity index (χ4v) is 2.01. The Labute approximate surface area is 116 Å². The second kappa shape index (κ2) is 6.14. The Bertz CT molecular complexity index is 629. The zero-order valence-corrected chi connectivity index (χ0v) is 11.1. The van der Waals surface area contributed by atoms with E-state index in [9.17, 15) is 14.5 Å². The van der Waals surface area contributed by atoms with E-state index in [1.54, 1.807) is 25.1 Å². The zero-order valence-electron chi connectivity index (χ0n) is 11.1. The second-order valence-corrected chi connectivity index (χ2v) is 4.58. The van der Waals surface area contributed by atoms with Crippen LogP contribution in [0.5, 0.6) is 0 Å². The Balaban J connectivity index is 2.01. The third-order valence-electron chi connectivity index (χ3n) is 2.95. The molecule has 2 rings (SSSR count). The van der Waals surface area contributed by atoms with E-state index in [2.05, 4.69) is 5.32 Å². The molecule has 0 fully saturated rings. The van der Waals surface area contributed by atoms with Crippen molar-refractivity contribution in [2.75, 3.05) is 11.9 Å². The van der Waals surface area contributed by atoms with Crippen LogP contribution in [0.15, 0.2) is 42.5 Å². The van der Waals surface area contributed by atoms with Gasteiger partial charge in [0.25, 0.3) is 5.69 Å². The first-order valence-corrected chi connectivity index (χ1v) is 6.29. The first-order chi connectivity index (χ1) is 9.56. The van der Waals surface area contributed by atoms with Crippen LogP contribution in [0.3, 0.4) is 0 Å². The van der Waals surface area contributed by atoms with Gasteiger partial charge in [0.1, 0.15) is 5.82 Å². The summed E-state index contributed by atoms with van der Waals surface area (Å²) in [6, 6.07) is 11.4. The van der Waals surface area contributed by atoms with E-state index in [0.29, 0.717) is 24.2 Å². The maximum absolute atomic E-state index is 13.4. The number of nitrogens with one attached hydrogen (secondary N) is 1. The topological polar surface area (TPSA) is 55.2 Å². The molecule has 0 spiro atoms. The number of halogens is 1. The van der Waals surface area contributed by atoms with Gasteiger partial charge in [-0.15, -0.1) is 0 Å². The van der Waals surface area contributed by atoms with Crippen molar-refractivity contribution in [3.05, 3.63) is 69.5 Å². The van der Waals surface area contributed by atoms with Crippen molar-refractivity contribution < 1.29 is 9.31 Å². The highest BCUT2D eigenvalue weighted by Crippen LogP contribution is 2.20. The van der Waals surface area contributed by atoms with Crippen molar-refractivity contribution >= 4 is 11.4 Å². The van der Waals surface area contributed by atoms with E-state index in [1.807, 2.05) is 6.07 Å². The van der Waals surface area contributed by atoms with Gasteiger partial charge in [0.05, 0.1) is 4.92 Å². The van der Waals surface area contributed by atoms with Crippen LogP contribution in [-0.4, -0.2) is 11.5 Å². The van der Waals surface area contributed by atoms with E-state index >= 15 is 0 Å². The highest BCUT2D eigenvalue weighted by atomic mass is 19.1. The van der Waals surface area contributed by atoms with Gasteiger partial charge in [-0.05, 0) is 36.6 Å². The minimum Gasteiger partial charge on any atom is -0.384 e. The lowest BCUT2D eigenvalue weighted by atomic mass is 10.1. The van der Waals surface area contributed by atoms with Crippen LogP contribution in [0.25, 0.3) is 0 Å². The Morgan fingerprint density at radius 1 is 1.25 bits per heavy atom. The van der Waals surface area contributed by atoms with Gasteiger partial charge < -0.3 is 5.32 Å². The summed E-state index contributed by atoms with van der Waals surface area (Å²) in [6.07, 6.45) is 0.522. The molecular weight excluding hydrogens is 259 g/mol. The summed E-state index contributed by atoms with van der Waals surface area (Å²) in [6.45, 7) is 2.32. The summed E-state index contributed by atoms with van der Waals surface area (Å²) in [5, 5.41) is 13.9. The Hall–Kier alpha value is -2.43. The SMILES string of the molecule is Cc1cc(NCCc2ccccc2F)cc([N+](=O)[O-])c1. The number of anilines is 1. The molecule has 0 saturated heterocycles. The van der Waals surface area contributed by atoms with Crippen LogP contribution in [0.2, 0.25) is 0 Å². The number of rotatable bonds is 5. The highest BCUT2D eigenvalue weighted by molar-refractivity contribution is 5.53. The van der Waals surface area contributed by atoms with E-state index in [4.69, 9.17) is 0 Å². The number of nitro benzene ring substituents is 1. The number of nitrogens with zero attached hydrogens (tertiary/aromatic N) is 1. The Morgan fingerprint density at radius 2 is 2.00 bits per heavy atom. The molecule has 20 heavy (non-hydrogen) atoms. The summed E-state index contributed by atoms with van der Waals surface area (Å²) in [5.41, 5.74) is 2.17. The zero-order chi connectivity index (χ0) is 14.5. The molecule has 0 aliphatic carbocycles.